The first-order valence-corrected chi connectivity index (χ1v) is 7.84. The van der Waals surface area contributed by atoms with Crippen LogP contribution in [0.1, 0.15) is 17.2 Å². The monoisotopic (exact) mass is 309 g/mol. The van der Waals surface area contributed by atoms with E-state index in [0.717, 1.165) is 23.7 Å². The molecule has 4 rings (SSSR count). The number of amides is 1. The van der Waals surface area contributed by atoms with Crippen LogP contribution in [-0.2, 0) is 24.4 Å². The first-order valence-electron chi connectivity index (χ1n) is 7.84. The minimum Gasteiger partial charge on any atom is -0.338 e. The van der Waals surface area contributed by atoms with E-state index in [0.29, 0.717) is 19.6 Å². The molecule has 0 fully saturated rings. The first-order chi connectivity index (χ1) is 11.1. The molecule has 1 aromatic carbocycles. The predicted molar refractivity (Wildman–Crippen MR) is 86.9 cm³/mol. The van der Waals surface area contributed by atoms with Crippen LogP contribution in [0.15, 0.2) is 30.5 Å². The quantitative estimate of drug-likeness (QED) is 0.726. The summed E-state index contributed by atoms with van der Waals surface area (Å²) in [4.78, 5) is 14.6. The third kappa shape index (κ3) is 2.30. The van der Waals surface area contributed by atoms with Gasteiger partial charge >= 0.3 is 0 Å². The van der Waals surface area contributed by atoms with Crippen molar-refractivity contribution in [3.63, 3.8) is 0 Å². The second-order valence-electron chi connectivity index (χ2n) is 6.09. The zero-order chi connectivity index (χ0) is 16.0. The van der Waals surface area contributed by atoms with Gasteiger partial charge in [0.05, 0.1) is 6.54 Å². The summed E-state index contributed by atoms with van der Waals surface area (Å²) < 4.78 is 4.12. The van der Waals surface area contributed by atoms with Crippen molar-refractivity contribution in [2.45, 2.75) is 33.5 Å². The van der Waals surface area contributed by atoms with Crippen LogP contribution >= 0.6 is 0 Å². The maximum atomic E-state index is 12.7. The number of hydrogen-bond acceptors (Lipinski definition) is 3. The van der Waals surface area contributed by atoms with E-state index >= 15 is 0 Å². The fourth-order valence-electron chi connectivity index (χ4n) is 3.32. The van der Waals surface area contributed by atoms with Crippen LogP contribution in [0.4, 0.5) is 0 Å². The number of nitrogens with zero attached hydrogens (tertiary/aromatic N) is 5. The van der Waals surface area contributed by atoms with Crippen LogP contribution in [0.5, 0.6) is 0 Å². The number of aromatic nitrogens is 4. The van der Waals surface area contributed by atoms with E-state index in [-0.39, 0.29) is 5.91 Å². The molecule has 3 heterocycles. The average Bonchev–Trinajstić information content (AvgIpc) is 3.09. The third-order valence-electron chi connectivity index (χ3n) is 4.58. The summed E-state index contributed by atoms with van der Waals surface area (Å²) in [5, 5.41) is 9.46. The number of para-hydroxylation sites is 1. The van der Waals surface area contributed by atoms with Gasteiger partial charge in [-0.1, -0.05) is 18.2 Å². The fraction of sp³-hybridized carbons (Fsp3) is 0.353. The number of rotatable bonds is 2. The molecule has 0 N–H and O–H groups in total. The van der Waals surface area contributed by atoms with Crippen molar-refractivity contribution in [2.75, 3.05) is 6.54 Å². The molecule has 0 radical (unpaired) electrons. The van der Waals surface area contributed by atoms with Gasteiger partial charge in [-0.3, -0.25) is 4.79 Å². The van der Waals surface area contributed by atoms with E-state index < -0.39 is 0 Å². The Kier molecular flexibility index (Phi) is 3.18. The summed E-state index contributed by atoms with van der Waals surface area (Å²) >= 11 is 0. The van der Waals surface area contributed by atoms with Gasteiger partial charge in [0.15, 0.2) is 5.82 Å². The smallest absolute Gasteiger partial charge is 0.242 e. The van der Waals surface area contributed by atoms with Crippen LogP contribution in [-0.4, -0.2) is 36.7 Å². The summed E-state index contributed by atoms with van der Waals surface area (Å²) in [7, 11) is 0. The second-order valence-corrected chi connectivity index (χ2v) is 6.09. The van der Waals surface area contributed by atoms with Crippen molar-refractivity contribution < 1.29 is 4.79 Å². The third-order valence-corrected chi connectivity index (χ3v) is 4.58. The Hall–Kier alpha value is -2.63. The van der Waals surface area contributed by atoms with Gasteiger partial charge in [-0.2, -0.15) is 0 Å². The van der Waals surface area contributed by atoms with Gasteiger partial charge in [-0.25, -0.2) is 0 Å². The highest BCUT2D eigenvalue weighted by atomic mass is 16.2. The molecule has 2 aromatic heterocycles. The van der Waals surface area contributed by atoms with Crippen molar-refractivity contribution in [1.82, 2.24) is 24.2 Å². The van der Waals surface area contributed by atoms with Crippen molar-refractivity contribution >= 4 is 16.8 Å². The van der Waals surface area contributed by atoms with Gasteiger partial charge in [0.25, 0.3) is 0 Å². The summed E-state index contributed by atoms with van der Waals surface area (Å²) in [6, 6.07) is 8.19. The Morgan fingerprint density at radius 1 is 1.17 bits per heavy atom. The number of fused-ring (bicyclic) bond motifs is 2. The van der Waals surface area contributed by atoms with Crippen molar-refractivity contribution in [3.8, 4) is 0 Å². The molecule has 1 aliphatic heterocycles. The lowest BCUT2D eigenvalue weighted by molar-refractivity contribution is -0.133. The normalized spacial score (nSPS) is 14.3. The second kappa shape index (κ2) is 5.22. The summed E-state index contributed by atoms with van der Waals surface area (Å²) in [6.07, 6.45) is 2.05. The molecule has 1 amide bonds. The van der Waals surface area contributed by atoms with Gasteiger partial charge in [-0.05, 0) is 25.5 Å². The molecule has 3 aromatic rings. The standard InChI is InChI=1S/C17H19N5O/c1-12-9-21(15-6-4-3-5-14(12)15)11-17(23)20-7-8-22-13(2)18-19-16(22)10-20/h3-6,9H,7-8,10-11H2,1-2H3. The molecule has 118 valence electrons. The van der Waals surface area contributed by atoms with Crippen molar-refractivity contribution in [3.05, 3.63) is 47.7 Å². The largest absolute Gasteiger partial charge is 0.338 e. The lowest BCUT2D eigenvalue weighted by Crippen LogP contribution is -2.40. The molecule has 23 heavy (non-hydrogen) atoms. The SMILES string of the molecule is Cc1cn(CC(=O)N2CCn3c(C)nnc3C2)c2ccccc12. The van der Waals surface area contributed by atoms with Crippen LogP contribution in [0.2, 0.25) is 0 Å². The molecule has 1 aliphatic rings. The maximum Gasteiger partial charge on any atom is 0.242 e. The maximum absolute atomic E-state index is 12.7. The molecule has 0 saturated heterocycles. The highest BCUT2D eigenvalue weighted by Crippen LogP contribution is 2.21. The van der Waals surface area contributed by atoms with E-state index in [1.165, 1.54) is 10.9 Å². The first kappa shape index (κ1) is 14.0. The summed E-state index contributed by atoms with van der Waals surface area (Å²) in [5.41, 5.74) is 2.30. The van der Waals surface area contributed by atoms with Crippen LogP contribution in [0.3, 0.4) is 0 Å². The van der Waals surface area contributed by atoms with Gasteiger partial charge in [0, 0.05) is 30.2 Å². The average molecular weight is 309 g/mol. The molecule has 0 spiro atoms. The minimum atomic E-state index is 0.123. The van der Waals surface area contributed by atoms with Crippen LogP contribution in [0, 0.1) is 13.8 Å². The number of hydrogen-bond donors (Lipinski definition) is 0. The number of benzene rings is 1. The van der Waals surface area contributed by atoms with E-state index in [4.69, 9.17) is 0 Å². The topological polar surface area (TPSA) is 56.0 Å². The van der Waals surface area contributed by atoms with Crippen molar-refractivity contribution in [1.29, 1.82) is 0 Å². The lowest BCUT2D eigenvalue weighted by atomic mass is 10.2. The van der Waals surface area contributed by atoms with Gasteiger partial charge < -0.3 is 14.0 Å². The predicted octanol–water partition coefficient (Wildman–Crippen LogP) is 1.89. The van der Waals surface area contributed by atoms with Gasteiger partial charge in [0.1, 0.15) is 12.4 Å². The molecule has 0 bridgehead atoms. The number of aryl methyl sites for hydroxylation is 2. The summed E-state index contributed by atoms with van der Waals surface area (Å²) in [6.45, 7) is 6.41. The molecule has 0 saturated carbocycles. The van der Waals surface area contributed by atoms with Gasteiger partial charge in [0.2, 0.25) is 5.91 Å². The molecule has 0 aliphatic carbocycles. The minimum absolute atomic E-state index is 0.123. The van der Waals surface area contributed by atoms with Crippen LogP contribution in [0.25, 0.3) is 10.9 Å². The zero-order valence-electron chi connectivity index (χ0n) is 13.4. The highest BCUT2D eigenvalue weighted by molar-refractivity contribution is 5.86. The zero-order valence-corrected chi connectivity index (χ0v) is 13.4. The van der Waals surface area contributed by atoms with Crippen molar-refractivity contribution in [2.24, 2.45) is 0 Å². The van der Waals surface area contributed by atoms with Crippen LogP contribution < -0.4 is 0 Å². The Balaban J connectivity index is 1.56. The molecular weight excluding hydrogens is 290 g/mol. The van der Waals surface area contributed by atoms with E-state index in [1.54, 1.807) is 0 Å². The molecule has 0 atom stereocenters. The number of carbonyl (C=O) groups is 1. The van der Waals surface area contributed by atoms with E-state index in [2.05, 4.69) is 40.0 Å². The lowest BCUT2D eigenvalue weighted by Gasteiger charge is -2.27. The Morgan fingerprint density at radius 2 is 2.00 bits per heavy atom. The molecule has 0 unspecified atom stereocenters. The van der Waals surface area contributed by atoms with E-state index in [9.17, 15) is 4.79 Å². The Morgan fingerprint density at radius 3 is 2.87 bits per heavy atom. The number of carbonyl (C=O) groups excluding carboxylic acids is 1. The summed E-state index contributed by atoms with van der Waals surface area (Å²) in [5.74, 6) is 1.91. The van der Waals surface area contributed by atoms with Gasteiger partial charge in [-0.15, -0.1) is 10.2 Å². The molecular formula is C17H19N5O. The fourth-order valence-corrected chi connectivity index (χ4v) is 3.32. The molecule has 6 nitrogen and oxygen atoms in total. The van der Waals surface area contributed by atoms with E-state index in [1.807, 2.05) is 28.5 Å². The Bertz CT molecular complexity index is 892. The molecule has 6 heteroatoms. The Labute approximate surface area is 134 Å². The highest BCUT2D eigenvalue weighted by Gasteiger charge is 2.23.